The van der Waals surface area contributed by atoms with Gasteiger partial charge < -0.3 is 14.2 Å². The summed E-state index contributed by atoms with van der Waals surface area (Å²) in [5, 5.41) is 4.97. The number of carbonyl (C=O) groups is 1. The number of H-pyrrole nitrogens is 1. The number of para-hydroxylation sites is 1. The van der Waals surface area contributed by atoms with Crippen LogP contribution in [0.15, 0.2) is 39.6 Å². The maximum Gasteiger partial charge on any atom is 0.339 e. The quantitative estimate of drug-likeness (QED) is 0.530. The van der Waals surface area contributed by atoms with Gasteiger partial charge in [0, 0.05) is 11.6 Å². The van der Waals surface area contributed by atoms with Gasteiger partial charge in [-0.1, -0.05) is 17.3 Å². The molecule has 1 aliphatic carbocycles. The van der Waals surface area contributed by atoms with Gasteiger partial charge in [-0.15, -0.1) is 0 Å². The SMILES string of the molecule is Cc1noc2nc(C3CC3)cc(C(=O)O[C@H](C)c3nc4ccccc4c(=O)[nH]3)c12. The highest BCUT2D eigenvalue weighted by molar-refractivity contribution is 6.03. The van der Waals surface area contributed by atoms with Crippen molar-refractivity contribution in [2.75, 3.05) is 0 Å². The Morgan fingerprint density at radius 1 is 1.28 bits per heavy atom. The fraction of sp³-hybridized carbons (Fsp3) is 0.286. The number of nitrogens with one attached hydrogen (secondary N) is 1. The van der Waals surface area contributed by atoms with Crippen molar-refractivity contribution in [1.29, 1.82) is 0 Å². The van der Waals surface area contributed by atoms with Gasteiger partial charge in [-0.25, -0.2) is 14.8 Å². The van der Waals surface area contributed by atoms with E-state index in [-0.39, 0.29) is 11.4 Å². The molecule has 0 bridgehead atoms. The first-order valence-corrected chi connectivity index (χ1v) is 9.48. The van der Waals surface area contributed by atoms with E-state index < -0.39 is 12.1 Å². The lowest BCUT2D eigenvalue weighted by atomic mass is 10.1. The van der Waals surface area contributed by atoms with Crippen LogP contribution in [0.2, 0.25) is 0 Å². The predicted octanol–water partition coefficient (Wildman–Crippen LogP) is 3.56. The standard InChI is InChI=1S/C21H18N4O4/c1-10-17-14(9-16(12-7-8-12)23-20(17)29-25-10)21(27)28-11(2)18-22-15-6-4-3-5-13(15)19(26)24-18/h3-6,9,11-12H,7-8H2,1-2H3,(H,22,24,26)/t11-/m1/s1. The van der Waals surface area contributed by atoms with Crippen molar-refractivity contribution in [3.8, 4) is 0 Å². The molecule has 8 heteroatoms. The minimum atomic E-state index is -0.743. The summed E-state index contributed by atoms with van der Waals surface area (Å²) in [6, 6.07) is 8.78. The fourth-order valence-corrected chi connectivity index (χ4v) is 3.44. The summed E-state index contributed by atoms with van der Waals surface area (Å²) < 4.78 is 10.9. The van der Waals surface area contributed by atoms with Crippen LogP contribution in [0.4, 0.5) is 0 Å². The molecule has 3 heterocycles. The number of rotatable bonds is 4. The van der Waals surface area contributed by atoms with Crippen LogP contribution in [0.25, 0.3) is 22.0 Å². The average Bonchev–Trinajstić information content (AvgIpc) is 3.50. The molecule has 0 spiro atoms. The van der Waals surface area contributed by atoms with Crippen LogP contribution in [0.3, 0.4) is 0 Å². The molecule has 29 heavy (non-hydrogen) atoms. The molecule has 1 aliphatic rings. The first kappa shape index (κ1) is 17.5. The summed E-state index contributed by atoms with van der Waals surface area (Å²) in [6.07, 6.45) is 1.34. The van der Waals surface area contributed by atoms with Crippen LogP contribution < -0.4 is 5.56 Å². The van der Waals surface area contributed by atoms with Gasteiger partial charge in [0.1, 0.15) is 0 Å². The highest BCUT2D eigenvalue weighted by Gasteiger charge is 2.29. The van der Waals surface area contributed by atoms with Crippen LogP contribution in [0, 0.1) is 6.92 Å². The number of benzene rings is 1. The number of carbonyl (C=O) groups excluding carboxylic acids is 1. The van der Waals surface area contributed by atoms with E-state index in [1.165, 1.54) is 0 Å². The van der Waals surface area contributed by atoms with Crippen molar-refractivity contribution in [1.82, 2.24) is 20.1 Å². The molecule has 0 aliphatic heterocycles. The van der Waals surface area contributed by atoms with Crippen molar-refractivity contribution in [2.45, 2.75) is 38.7 Å². The van der Waals surface area contributed by atoms with Crippen LogP contribution in [-0.2, 0) is 4.74 Å². The third-order valence-corrected chi connectivity index (χ3v) is 5.15. The molecule has 0 amide bonds. The zero-order valence-electron chi connectivity index (χ0n) is 15.9. The van der Waals surface area contributed by atoms with E-state index in [0.29, 0.717) is 39.2 Å². The molecule has 1 aromatic carbocycles. The topological polar surface area (TPSA) is 111 Å². The van der Waals surface area contributed by atoms with Gasteiger partial charge in [-0.2, -0.15) is 0 Å². The molecule has 1 saturated carbocycles. The highest BCUT2D eigenvalue weighted by atomic mass is 16.5. The maximum absolute atomic E-state index is 13.0. The molecule has 146 valence electrons. The maximum atomic E-state index is 13.0. The Kier molecular flexibility index (Phi) is 3.94. The van der Waals surface area contributed by atoms with E-state index in [2.05, 4.69) is 20.1 Å². The van der Waals surface area contributed by atoms with Gasteiger partial charge in [0.25, 0.3) is 11.3 Å². The number of hydrogen-bond acceptors (Lipinski definition) is 7. The largest absolute Gasteiger partial charge is 0.451 e. The number of aryl methyl sites for hydroxylation is 1. The zero-order chi connectivity index (χ0) is 20.1. The minimum Gasteiger partial charge on any atom is -0.451 e. The molecule has 0 unspecified atom stereocenters. The summed E-state index contributed by atoms with van der Waals surface area (Å²) in [5.41, 5.74) is 2.36. The Balaban J connectivity index is 1.50. The van der Waals surface area contributed by atoms with Crippen LogP contribution in [0.5, 0.6) is 0 Å². The van der Waals surface area contributed by atoms with Crippen molar-refractivity contribution >= 4 is 28.0 Å². The minimum absolute atomic E-state index is 0.273. The third-order valence-electron chi connectivity index (χ3n) is 5.15. The molecule has 3 aromatic heterocycles. The van der Waals surface area contributed by atoms with Crippen molar-refractivity contribution in [3.05, 3.63) is 63.5 Å². The Bertz CT molecular complexity index is 1320. The van der Waals surface area contributed by atoms with E-state index in [9.17, 15) is 9.59 Å². The van der Waals surface area contributed by atoms with E-state index in [0.717, 1.165) is 18.5 Å². The summed E-state index contributed by atoms with van der Waals surface area (Å²) >= 11 is 0. The van der Waals surface area contributed by atoms with Gasteiger partial charge in [0.15, 0.2) is 11.9 Å². The number of pyridine rings is 1. The second kappa shape index (κ2) is 6.51. The number of aromatic nitrogens is 4. The van der Waals surface area contributed by atoms with E-state index >= 15 is 0 Å². The number of aromatic amines is 1. The Hall–Kier alpha value is -3.55. The number of ether oxygens (including phenoxy) is 1. The lowest BCUT2D eigenvalue weighted by molar-refractivity contribution is 0.0322. The first-order valence-electron chi connectivity index (χ1n) is 9.48. The van der Waals surface area contributed by atoms with Gasteiger partial charge in [0.2, 0.25) is 0 Å². The molecule has 1 fully saturated rings. The summed E-state index contributed by atoms with van der Waals surface area (Å²) in [6.45, 7) is 3.43. The Morgan fingerprint density at radius 2 is 2.07 bits per heavy atom. The summed E-state index contributed by atoms with van der Waals surface area (Å²) in [7, 11) is 0. The van der Waals surface area contributed by atoms with E-state index in [1.807, 2.05) is 0 Å². The second-order valence-corrected chi connectivity index (χ2v) is 7.33. The second-order valence-electron chi connectivity index (χ2n) is 7.33. The van der Waals surface area contributed by atoms with Crippen LogP contribution in [-0.4, -0.2) is 26.1 Å². The average molecular weight is 390 g/mol. The molecular formula is C21H18N4O4. The molecule has 0 saturated heterocycles. The zero-order valence-corrected chi connectivity index (χ0v) is 15.9. The molecule has 8 nitrogen and oxygen atoms in total. The third kappa shape index (κ3) is 3.06. The van der Waals surface area contributed by atoms with E-state index in [4.69, 9.17) is 9.26 Å². The smallest absolute Gasteiger partial charge is 0.339 e. The van der Waals surface area contributed by atoms with Gasteiger partial charge in [-0.05, 0) is 44.9 Å². The van der Waals surface area contributed by atoms with E-state index in [1.54, 1.807) is 44.2 Å². The monoisotopic (exact) mass is 390 g/mol. The molecule has 4 aromatic rings. The number of nitrogens with zero attached hydrogens (tertiary/aromatic N) is 3. The molecule has 1 atom stereocenters. The van der Waals surface area contributed by atoms with Gasteiger partial charge in [-0.3, -0.25) is 4.79 Å². The first-order chi connectivity index (χ1) is 14.0. The number of fused-ring (bicyclic) bond motifs is 2. The lowest BCUT2D eigenvalue weighted by Gasteiger charge is -2.14. The number of esters is 1. The summed E-state index contributed by atoms with van der Waals surface area (Å²) in [4.78, 5) is 36.9. The molecule has 1 N–H and O–H groups in total. The van der Waals surface area contributed by atoms with Crippen molar-refractivity contribution in [2.24, 2.45) is 0 Å². The predicted molar refractivity (Wildman–Crippen MR) is 105 cm³/mol. The molecular weight excluding hydrogens is 372 g/mol. The van der Waals surface area contributed by atoms with Crippen molar-refractivity contribution < 1.29 is 14.1 Å². The summed E-state index contributed by atoms with van der Waals surface area (Å²) in [5.74, 6) is 0.0954. The Morgan fingerprint density at radius 3 is 2.86 bits per heavy atom. The van der Waals surface area contributed by atoms with Crippen molar-refractivity contribution in [3.63, 3.8) is 0 Å². The van der Waals surface area contributed by atoms with Crippen LogP contribution >= 0.6 is 0 Å². The highest BCUT2D eigenvalue weighted by Crippen LogP contribution is 2.40. The van der Waals surface area contributed by atoms with Gasteiger partial charge in [0.05, 0.1) is 27.5 Å². The molecule has 0 radical (unpaired) electrons. The lowest BCUT2D eigenvalue weighted by Crippen LogP contribution is -2.17. The number of hydrogen-bond donors (Lipinski definition) is 1. The van der Waals surface area contributed by atoms with Crippen LogP contribution in [0.1, 0.15) is 59.4 Å². The molecule has 5 rings (SSSR count). The normalized spacial score (nSPS) is 15.0. The Labute approximate surface area is 164 Å². The van der Waals surface area contributed by atoms with Gasteiger partial charge >= 0.3 is 5.97 Å². The fourth-order valence-electron chi connectivity index (χ4n) is 3.44.